The van der Waals surface area contributed by atoms with Crippen molar-refractivity contribution in [2.75, 3.05) is 7.05 Å². The molecule has 0 atom stereocenters. The zero-order valence-electron chi connectivity index (χ0n) is 10.2. The number of furan rings is 1. The van der Waals surface area contributed by atoms with Crippen LogP contribution in [0.15, 0.2) is 41.5 Å². The molecule has 0 saturated carbocycles. The van der Waals surface area contributed by atoms with E-state index >= 15 is 0 Å². The number of hydrogen-bond acceptors (Lipinski definition) is 4. The molecule has 19 heavy (non-hydrogen) atoms. The second-order valence-corrected chi connectivity index (χ2v) is 4.02. The molecule has 0 unspecified atom stereocenters. The van der Waals surface area contributed by atoms with Crippen molar-refractivity contribution in [1.82, 2.24) is 9.88 Å². The number of carboxylic acid groups (broad SMARTS) is 1. The van der Waals surface area contributed by atoms with Crippen LogP contribution in [0.25, 0.3) is 0 Å². The summed E-state index contributed by atoms with van der Waals surface area (Å²) in [6.45, 7) is 0.344. The van der Waals surface area contributed by atoms with Crippen LogP contribution in [0.3, 0.4) is 0 Å². The van der Waals surface area contributed by atoms with Gasteiger partial charge in [-0.15, -0.1) is 0 Å². The summed E-state index contributed by atoms with van der Waals surface area (Å²) in [7, 11) is 1.60. The van der Waals surface area contributed by atoms with Gasteiger partial charge in [0.1, 0.15) is 0 Å². The summed E-state index contributed by atoms with van der Waals surface area (Å²) in [6, 6.07) is 3.14. The van der Waals surface area contributed by atoms with Crippen molar-refractivity contribution in [2.24, 2.45) is 0 Å². The molecule has 2 aromatic rings. The summed E-state index contributed by atoms with van der Waals surface area (Å²) in [5.41, 5.74) is 0.849. The molecule has 1 N–H and O–H groups in total. The van der Waals surface area contributed by atoms with Crippen LogP contribution in [0.5, 0.6) is 0 Å². The van der Waals surface area contributed by atoms with Crippen LogP contribution in [0.1, 0.15) is 26.3 Å². The highest BCUT2D eigenvalue weighted by Gasteiger charge is 2.19. The normalized spacial score (nSPS) is 10.2. The van der Waals surface area contributed by atoms with E-state index in [1.54, 1.807) is 13.1 Å². The van der Waals surface area contributed by atoms with Crippen LogP contribution >= 0.6 is 0 Å². The fourth-order valence-corrected chi connectivity index (χ4v) is 1.69. The van der Waals surface area contributed by atoms with E-state index in [4.69, 9.17) is 9.52 Å². The molecule has 1 amide bonds. The van der Waals surface area contributed by atoms with E-state index in [1.165, 1.54) is 35.9 Å². The van der Waals surface area contributed by atoms with Gasteiger partial charge in [-0.1, -0.05) is 0 Å². The Labute approximate surface area is 109 Å². The first-order valence-corrected chi connectivity index (χ1v) is 5.53. The lowest BCUT2D eigenvalue weighted by Gasteiger charge is -2.17. The number of aromatic carboxylic acids is 1. The fourth-order valence-electron chi connectivity index (χ4n) is 1.69. The minimum atomic E-state index is -1.17. The number of rotatable bonds is 4. The van der Waals surface area contributed by atoms with Crippen molar-refractivity contribution >= 4 is 11.9 Å². The Morgan fingerprint density at radius 3 is 2.79 bits per heavy atom. The summed E-state index contributed by atoms with van der Waals surface area (Å²) < 4.78 is 4.92. The van der Waals surface area contributed by atoms with E-state index in [2.05, 4.69) is 4.98 Å². The van der Waals surface area contributed by atoms with Gasteiger partial charge < -0.3 is 14.4 Å². The Morgan fingerprint density at radius 1 is 1.37 bits per heavy atom. The van der Waals surface area contributed by atoms with Crippen molar-refractivity contribution < 1.29 is 19.1 Å². The van der Waals surface area contributed by atoms with Crippen molar-refractivity contribution in [1.29, 1.82) is 0 Å². The van der Waals surface area contributed by atoms with Gasteiger partial charge >= 0.3 is 5.97 Å². The zero-order chi connectivity index (χ0) is 13.8. The number of hydrogen-bond donors (Lipinski definition) is 1. The van der Waals surface area contributed by atoms with Crippen LogP contribution in [0.4, 0.5) is 0 Å². The molecular weight excluding hydrogens is 248 g/mol. The van der Waals surface area contributed by atoms with Crippen molar-refractivity contribution in [2.45, 2.75) is 6.54 Å². The molecule has 2 heterocycles. The third-order valence-corrected chi connectivity index (χ3v) is 2.63. The van der Waals surface area contributed by atoms with Gasteiger partial charge in [-0.25, -0.2) is 4.79 Å². The molecule has 6 heteroatoms. The second kappa shape index (κ2) is 5.34. The van der Waals surface area contributed by atoms with Gasteiger partial charge in [0.15, 0.2) is 0 Å². The molecule has 0 spiro atoms. The summed E-state index contributed by atoms with van der Waals surface area (Å²) in [4.78, 5) is 28.4. The first-order valence-electron chi connectivity index (χ1n) is 5.53. The molecule has 0 aliphatic rings. The number of carbonyl (C=O) groups is 2. The number of carboxylic acids is 1. The standard InChI is InChI=1S/C13H12N2O4/c1-15(7-9-3-5-19-8-9)12(16)10-2-4-14-6-11(10)13(17)18/h2-6,8H,7H2,1H3,(H,17,18). The van der Waals surface area contributed by atoms with Crippen LogP contribution in [0.2, 0.25) is 0 Å². The maximum absolute atomic E-state index is 12.2. The first-order chi connectivity index (χ1) is 9.09. The van der Waals surface area contributed by atoms with E-state index in [-0.39, 0.29) is 17.0 Å². The minimum Gasteiger partial charge on any atom is -0.478 e. The maximum atomic E-state index is 12.2. The average molecular weight is 260 g/mol. The monoisotopic (exact) mass is 260 g/mol. The highest BCUT2D eigenvalue weighted by Crippen LogP contribution is 2.12. The maximum Gasteiger partial charge on any atom is 0.338 e. The van der Waals surface area contributed by atoms with E-state index in [9.17, 15) is 9.59 Å². The molecule has 6 nitrogen and oxygen atoms in total. The predicted molar refractivity (Wildman–Crippen MR) is 65.7 cm³/mol. The largest absolute Gasteiger partial charge is 0.478 e. The molecule has 0 aromatic carbocycles. The zero-order valence-corrected chi connectivity index (χ0v) is 10.2. The van der Waals surface area contributed by atoms with E-state index in [0.717, 1.165) is 5.56 Å². The Hall–Kier alpha value is -2.63. The lowest BCUT2D eigenvalue weighted by molar-refractivity contribution is 0.0680. The molecule has 2 aromatic heterocycles. The summed E-state index contributed by atoms with van der Waals surface area (Å²) in [6.07, 6.45) is 5.61. The molecule has 0 aliphatic heterocycles. The lowest BCUT2D eigenvalue weighted by atomic mass is 10.1. The smallest absolute Gasteiger partial charge is 0.338 e. The van der Waals surface area contributed by atoms with Gasteiger partial charge in [0.25, 0.3) is 5.91 Å². The van der Waals surface area contributed by atoms with Gasteiger partial charge in [-0.05, 0) is 12.1 Å². The molecule has 98 valence electrons. The Balaban J connectivity index is 2.22. The van der Waals surface area contributed by atoms with E-state index in [0.29, 0.717) is 6.54 Å². The Morgan fingerprint density at radius 2 is 2.16 bits per heavy atom. The quantitative estimate of drug-likeness (QED) is 0.903. The number of pyridine rings is 1. The SMILES string of the molecule is CN(Cc1ccoc1)C(=O)c1ccncc1C(=O)O. The summed E-state index contributed by atoms with van der Waals surface area (Å²) >= 11 is 0. The summed E-state index contributed by atoms with van der Waals surface area (Å²) in [5, 5.41) is 9.03. The highest BCUT2D eigenvalue weighted by atomic mass is 16.4. The first kappa shape index (κ1) is 12.8. The van der Waals surface area contributed by atoms with Crippen molar-refractivity contribution in [3.63, 3.8) is 0 Å². The number of aromatic nitrogens is 1. The van der Waals surface area contributed by atoms with Gasteiger partial charge in [0, 0.05) is 31.5 Å². The van der Waals surface area contributed by atoms with Crippen LogP contribution < -0.4 is 0 Å². The number of amides is 1. The van der Waals surface area contributed by atoms with Gasteiger partial charge in [-0.2, -0.15) is 0 Å². The van der Waals surface area contributed by atoms with Crippen LogP contribution in [-0.4, -0.2) is 33.9 Å². The third-order valence-electron chi connectivity index (χ3n) is 2.63. The molecule has 0 bridgehead atoms. The van der Waals surface area contributed by atoms with Crippen molar-refractivity contribution in [3.05, 3.63) is 53.7 Å². The molecule has 0 aliphatic carbocycles. The molecule has 0 saturated heterocycles. The van der Waals surface area contributed by atoms with Crippen LogP contribution in [0, 0.1) is 0 Å². The topological polar surface area (TPSA) is 83.6 Å². The number of nitrogens with zero attached hydrogens (tertiary/aromatic N) is 2. The lowest BCUT2D eigenvalue weighted by Crippen LogP contribution is -2.27. The Bertz CT molecular complexity index is 592. The molecular formula is C13H12N2O4. The molecule has 0 fully saturated rings. The van der Waals surface area contributed by atoms with Gasteiger partial charge in [-0.3, -0.25) is 9.78 Å². The van der Waals surface area contributed by atoms with E-state index in [1.807, 2.05) is 0 Å². The molecule has 2 rings (SSSR count). The van der Waals surface area contributed by atoms with Crippen LogP contribution in [-0.2, 0) is 6.54 Å². The molecule has 0 radical (unpaired) electrons. The fraction of sp³-hybridized carbons (Fsp3) is 0.154. The van der Waals surface area contributed by atoms with Gasteiger partial charge in [0.2, 0.25) is 0 Å². The highest BCUT2D eigenvalue weighted by molar-refractivity contribution is 6.04. The number of carbonyl (C=O) groups excluding carboxylic acids is 1. The second-order valence-electron chi connectivity index (χ2n) is 4.02. The Kier molecular flexibility index (Phi) is 3.61. The minimum absolute atomic E-state index is 0.105. The average Bonchev–Trinajstić information content (AvgIpc) is 2.90. The third kappa shape index (κ3) is 2.79. The predicted octanol–water partition coefficient (Wildman–Crippen LogP) is 1.65. The summed E-state index contributed by atoms with van der Waals surface area (Å²) in [5.74, 6) is -1.55. The van der Waals surface area contributed by atoms with E-state index < -0.39 is 5.97 Å². The van der Waals surface area contributed by atoms with Crippen molar-refractivity contribution in [3.8, 4) is 0 Å². The van der Waals surface area contributed by atoms with Gasteiger partial charge in [0.05, 0.1) is 23.7 Å².